The first-order valence-electron chi connectivity index (χ1n) is 6.92. The van der Waals surface area contributed by atoms with Gasteiger partial charge in [-0.1, -0.05) is 38.5 Å². The van der Waals surface area contributed by atoms with E-state index in [4.69, 9.17) is 0 Å². The van der Waals surface area contributed by atoms with E-state index in [0.29, 0.717) is 32.1 Å². The second-order valence-electron chi connectivity index (χ2n) is 5.11. The summed E-state index contributed by atoms with van der Waals surface area (Å²) in [4.78, 5) is 0. The molecule has 1 unspecified atom stereocenters. The van der Waals surface area contributed by atoms with Gasteiger partial charge in [-0.25, -0.2) is 12.8 Å². The summed E-state index contributed by atoms with van der Waals surface area (Å²) in [5, 5.41) is -4.93. The van der Waals surface area contributed by atoms with Gasteiger partial charge in [0.15, 0.2) is 16.3 Å². The van der Waals surface area contributed by atoms with E-state index < -0.39 is 40.6 Å². The molecule has 23 heavy (non-hydrogen) atoms. The van der Waals surface area contributed by atoms with Crippen molar-refractivity contribution in [1.29, 1.82) is 0 Å². The molecule has 0 saturated carbocycles. The molecule has 134 valence electrons. The van der Waals surface area contributed by atoms with E-state index in [-0.39, 0.29) is 31.7 Å². The van der Waals surface area contributed by atoms with Crippen molar-refractivity contribution >= 4 is 10.1 Å². The molecular formula is C12H19F6LiO3S. The van der Waals surface area contributed by atoms with E-state index in [1.54, 1.807) is 0 Å². The Balaban J connectivity index is 0. The maximum absolute atomic E-state index is 13.0. The molecule has 0 saturated heterocycles. The number of unbranched alkanes of at least 4 members (excludes halogenated alkanes) is 6. The Morgan fingerprint density at radius 3 is 1.61 bits per heavy atom. The fourth-order valence-electron chi connectivity index (χ4n) is 1.86. The molecule has 3 nitrogen and oxygen atoms in total. The van der Waals surface area contributed by atoms with Crippen LogP contribution in [0.2, 0.25) is 0 Å². The largest absolute Gasteiger partial charge is 1.00 e. The average Bonchev–Trinajstić information content (AvgIpc) is 2.33. The van der Waals surface area contributed by atoms with Gasteiger partial charge in [0, 0.05) is 6.42 Å². The third-order valence-corrected chi connectivity index (χ3v) is 4.04. The molecule has 0 bridgehead atoms. The van der Waals surface area contributed by atoms with Crippen LogP contribution in [0, 0.1) is 0 Å². The minimum absolute atomic E-state index is 0. The quantitative estimate of drug-likeness (QED) is 0.242. The predicted octanol–water partition coefficient (Wildman–Crippen LogP) is 1.54. The van der Waals surface area contributed by atoms with Gasteiger partial charge in [0.05, 0.1) is 0 Å². The normalized spacial score (nSPS) is 14.4. The standard InChI is InChI=1S/C12H20F6O3S.Li/c13-10(12(17,18)22(19,20)21)8-6-4-2-1-3-5-7-9-11(14,15)16;/h10H,1-9H2,(H,19,20,21);/q;+1/p-1. The van der Waals surface area contributed by atoms with Gasteiger partial charge in [-0.05, 0) is 12.8 Å². The summed E-state index contributed by atoms with van der Waals surface area (Å²) in [5.74, 6) is 0. The minimum atomic E-state index is -6.02. The van der Waals surface area contributed by atoms with Gasteiger partial charge in [0.1, 0.15) is 0 Å². The SMILES string of the molecule is O=S(=O)([O-])C(F)(F)C(F)CCCCCCCCCC(F)(F)F.[Li+]. The zero-order valence-electron chi connectivity index (χ0n) is 12.8. The number of alkyl halides is 6. The Labute approximate surface area is 144 Å². The molecule has 0 aliphatic rings. The van der Waals surface area contributed by atoms with Crippen LogP contribution in [0.4, 0.5) is 26.3 Å². The first kappa shape index (κ1) is 25.3. The van der Waals surface area contributed by atoms with E-state index in [1.165, 1.54) is 0 Å². The topological polar surface area (TPSA) is 57.2 Å². The summed E-state index contributed by atoms with van der Waals surface area (Å²) >= 11 is 0. The van der Waals surface area contributed by atoms with Gasteiger partial charge in [-0.15, -0.1) is 0 Å². The van der Waals surface area contributed by atoms with Crippen molar-refractivity contribution < 1.29 is 58.2 Å². The molecule has 0 heterocycles. The summed E-state index contributed by atoms with van der Waals surface area (Å²) in [6.07, 6.45) is -6.37. The average molecular weight is 364 g/mol. The first-order chi connectivity index (χ1) is 9.88. The molecule has 11 heteroatoms. The molecule has 0 aromatic heterocycles. The van der Waals surface area contributed by atoms with Gasteiger partial charge >= 0.3 is 30.3 Å². The predicted molar refractivity (Wildman–Crippen MR) is 67.1 cm³/mol. The Morgan fingerprint density at radius 1 is 0.826 bits per heavy atom. The van der Waals surface area contributed by atoms with Crippen LogP contribution in [0.5, 0.6) is 0 Å². The Bertz CT molecular complexity index is 414. The minimum Gasteiger partial charge on any atom is -0.743 e. The first-order valence-corrected chi connectivity index (χ1v) is 8.33. The van der Waals surface area contributed by atoms with Crippen LogP contribution in [-0.2, 0) is 10.1 Å². The van der Waals surface area contributed by atoms with E-state index in [0.717, 1.165) is 0 Å². The second-order valence-corrected chi connectivity index (χ2v) is 6.56. The van der Waals surface area contributed by atoms with E-state index in [9.17, 15) is 39.3 Å². The number of hydrogen-bond donors (Lipinski definition) is 0. The van der Waals surface area contributed by atoms with Crippen LogP contribution in [0.3, 0.4) is 0 Å². The van der Waals surface area contributed by atoms with Crippen LogP contribution in [0.15, 0.2) is 0 Å². The number of halogens is 6. The molecule has 0 aliphatic carbocycles. The molecule has 0 fully saturated rings. The van der Waals surface area contributed by atoms with Crippen molar-refractivity contribution in [2.75, 3.05) is 0 Å². The van der Waals surface area contributed by atoms with Crippen molar-refractivity contribution in [3.05, 3.63) is 0 Å². The summed E-state index contributed by atoms with van der Waals surface area (Å²) in [6.45, 7) is 0. The van der Waals surface area contributed by atoms with Crippen molar-refractivity contribution in [1.82, 2.24) is 0 Å². The molecule has 0 aromatic carbocycles. The number of rotatable bonds is 11. The van der Waals surface area contributed by atoms with Gasteiger partial charge in [-0.3, -0.25) is 0 Å². The van der Waals surface area contributed by atoms with Gasteiger partial charge in [-0.2, -0.15) is 22.0 Å². The molecular weight excluding hydrogens is 345 g/mol. The summed E-state index contributed by atoms with van der Waals surface area (Å²) in [5.41, 5.74) is 0. The fourth-order valence-corrected chi connectivity index (χ4v) is 2.29. The molecule has 0 aliphatic heterocycles. The van der Waals surface area contributed by atoms with Crippen LogP contribution in [0.1, 0.15) is 57.8 Å². The molecule has 0 N–H and O–H groups in total. The molecule has 0 spiro atoms. The third-order valence-electron chi connectivity index (χ3n) is 3.12. The van der Waals surface area contributed by atoms with E-state index >= 15 is 0 Å². The van der Waals surface area contributed by atoms with Crippen LogP contribution in [0.25, 0.3) is 0 Å². The van der Waals surface area contributed by atoms with Gasteiger partial charge < -0.3 is 4.55 Å². The molecule has 0 rings (SSSR count). The van der Waals surface area contributed by atoms with Gasteiger partial charge in [0.25, 0.3) is 0 Å². The fraction of sp³-hybridized carbons (Fsp3) is 1.00. The van der Waals surface area contributed by atoms with Crippen LogP contribution < -0.4 is 18.9 Å². The Hall–Kier alpha value is 0.0874. The van der Waals surface area contributed by atoms with Crippen molar-refractivity contribution in [3.8, 4) is 0 Å². The summed E-state index contributed by atoms with van der Waals surface area (Å²) in [6, 6.07) is 0. The van der Waals surface area contributed by atoms with Crippen LogP contribution in [-0.4, -0.2) is 30.6 Å². The maximum Gasteiger partial charge on any atom is 1.00 e. The monoisotopic (exact) mass is 364 g/mol. The zero-order chi connectivity index (χ0) is 17.4. The smallest absolute Gasteiger partial charge is 0.743 e. The zero-order valence-corrected chi connectivity index (χ0v) is 13.7. The van der Waals surface area contributed by atoms with Crippen molar-refractivity contribution in [2.24, 2.45) is 0 Å². The Morgan fingerprint density at radius 2 is 1.22 bits per heavy atom. The molecule has 0 aromatic rings. The molecule has 0 amide bonds. The summed E-state index contributed by atoms with van der Waals surface area (Å²) in [7, 11) is -6.02. The van der Waals surface area contributed by atoms with Crippen LogP contribution >= 0.6 is 0 Å². The van der Waals surface area contributed by atoms with E-state index in [2.05, 4.69) is 0 Å². The third kappa shape index (κ3) is 11.3. The molecule has 1 atom stereocenters. The van der Waals surface area contributed by atoms with E-state index in [1.807, 2.05) is 0 Å². The summed E-state index contributed by atoms with van der Waals surface area (Å²) < 4.78 is 105. The number of hydrogen-bond acceptors (Lipinski definition) is 3. The van der Waals surface area contributed by atoms with Gasteiger partial charge in [0.2, 0.25) is 0 Å². The van der Waals surface area contributed by atoms with Crippen molar-refractivity contribution in [2.45, 2.75) is 75.4 Å². The Kier molecular flexibility index (Phi) is 11.9. The second kappa shape index (κ2) is 10.8. The molecule has 0 radical (unpaired) electrons. The maximum atomic E-state index is 13.0. The van der Waals surface area contributed by atoms with Crippen molar-refractivity contribution in [3.63, 3.8) is 0 Å².